The second-order valence-corrected chi connectivity index (χ2v) is 6.39. The highest BCUT2D eigenvalue weighted by Gasteiger charge is 2.09. The van der Waals surface area contributed by atoms with E-state index in [1.807, 2.05) is 49.4 Å². The van der Waals surface area contributed by atoms with Gasteiger partial charge in [0.25, 0.3) is 5.56 Å². The highest BCUT2D eigenvalue weighted by molar-refractivity contribution is 6.00. The predicted molar refractivity (Wildman–Crippen MR) is 106 cm³/mol. The number of fused-ring (bicyclic) bond motifs is 2. The third-order valence-corrected chi connectivity index (χ3v) is 4.55. The first-order chi connectivity index (χ1) is 13.1. The van der Waals surface area contributed by atoms with Gasteiger partial charge in [-0.2, -0.15) is 0 Å². The summed E-state index contributed by atoms with van der Waals surface area (Å²) in [5.41, 5.74) is 3.06. The van der Waals surface area contributed by atoms with Crippen molar-refractivity contribution in [2.45, 2.75) is 19.9 Å². The number of aromatic nitrogens is 3. The highest BCUT2D eigenvalue weighted by Crippen LogP contribution is 2.21. The van der Waals surface area contributed by atoms with Crippen LogP contribution in [0.2, 0.25) is 0 Å². The van der Waals surface area contributed by atoms with E-state index in [1.165, 1.54) is 10.9 Å². The quantitative estimate of drug-likeness (QED) is 0.607. The summed E-state index contributed by atoms with van der Waals surface area (Å²) in [6.07, 6.45) is 3.40. The van der Waals surface area contributed by atoms with Crippen molar-refractivity contribution in [1.82, 2.24) is 14.5 Å². The Morgan fingerprint density at radius 3 is 2.74 bits per heavy atom. The number of carbonyl (C=O) groups excluding carboxylic acids is 1. The third-order valence-electron chi connectivity index (χ3n) is 4.55. The van der Waals surface area contributed by atoms with Crippen molar-refractivity contribution in [2.24, 2.45) is 0 Å². The highest BCUT2D eigenvalue weighted by atomic mass is 16.2. The molecule has 2 aromatic heterocycles. The van der Waals surface area contributed by atoms with Gasteiger partial charge in [0.15, 0.2) is 0 Å². The van der Waals surface area contributed by atoms with Crippen LogP contribution in [0.15, 0.2) is 65.8 Å². The van der Waals surface area contributed by atoms with Gasteiger partial charge in [0.05, 0.1) is 28.4 Å². The molecule has 0 aliphatic carbocycles. The average molecular weight is 358 g/mol. The summed E-state index contributed by atoms with van der Waals surface area (Å²) in [6, 6.07) is 14.9. The van der Waals surface area contributed by atoms with Crippen molar-refractivity contribution in [1.29, 1.82) is 0 Å². The molecular formula is C21H18N4O2. The fraction of sp³-hybridized carbons (Fsp3) is 0.143. The van der Waals surface area contributed by atoms with E-state index in [0.29, 0.717) is 16.6 Å². The number of nitrogens with zero attached hydrogens (tertiary/aromatic N) is 3. The maximum absolute atomic E-state index is 12.6. The average Bonchev–Trinajstić information content (AvgIpc) is 2.68. The van der Waals surface area contributed by atoms with Crippen molar-refractivity contribution >= 4 is 33.4 Å². The van der Waals surface area contributed by atoms with Crippen LogP contribution < -0.4 is 10.9 Å². The minimum absolute atomic E-state index is 0.133. The number of hydrogen-bond acceptors (Lipinski definition) is 4. The first kappa shape index (κ1) is 16.9. The molecule has 0 bridgehead atoms. The molecule has 0 saturated carbocycles. The van der Waals surface area contributed by atoms with Gasteiger partial charge in [0, 0.05) is 24.5 Å². The molecule has 2 heterocycles. The molecule has 4 aromatic rings. The van der Waals surface area contributed by atoms with Crippen LogP contribution in [0.5, 0.6) is 0 Å². The molecule has 1 N–H and O–H groups in total. The molecule has 1 amide bonds. The van der Waals surface area contributed by atoms with Gasteiger partial charge in [-0.1, -0.05) is 18.2 Å². The number of nitrogens with one attached hydrogen (secondary N) is 1. The molecule has 6 nitrogen and oxygen atoms in total. The van der Waals surface area contributed by atoms with E-state index in [9.17, 15) is 9.59 Å². The number of carbonyl (C=O) groups is 1. The normalized spacial score (nSPS) is 11.0. The Bertz CT molecular complexity index is 1210. The van der Waals surface area contributed by atoms with E-state index < -0.39 is 0 Å². The number of benzene rings is 2. The van der Waals surface area contributed by atoms with Crippen LogP contribution in [-0.2, 0) is 11.3 Å². The summed E-state index contributed by atoms with van der Waals surface area (Å²) >= 11 is 0. The standard InChI is InChI=1S/C21H18N4O2/c1-14-5-2-6-16-20(14)23-13-25(21(16)27)12-10-19(26)24-18-9-3-8-17-15(18)7-4-11-22-17/h2-9,11,13H,10,12H2,1H3,(H,24,26). The van der Waals surface area contributed by atoms with E-state index in [2.05, 4.69) is 15.3 Å². The van der Waals surface area contributed by atoms with E-state index >= 15 is 0 Å². The van der Waals surface area contributed by atoms with Crippen molar-refractivity contribution < 1.29 is 4.79 Å². The summed E-state index contributed by atoms with van der Waals surface area (Å²) in [5.74, 6) is -0.164. The van der Waals surface area contributed by atoms with Crippen molar-refractivity contribution in [3.05, 3.63) is 77.0 Å². The van der Waals surface area contributed by atoms with Gasteiger partial charge in [-0.3, -0.25) is 19.1 Å². The lowest BCUT2D eigenvalue weighted by atomic mass is 10.1. The molecule has 27 heavy (non-hydrogen) atoms. The zero-order valence-corrected chi connectivity index (χ0v) is 14.8. The Morgan fingerprint density at radius 2 is 1.85 bits per heavy atom. The van der Waals surface area contributed by atoms with Crippen LogP contribution in [0.3, 0.4) is 0 Å². The first-order valence-electron chi connectivity index (χ1n) is 8.72. The lowest BCUT2D eigenvalue weighted by Gasteiger charge is -2.10. The van der Waals surface area contributed by atoms with Gasteiger partial charge >= 0.3 is 0 Å². The Kier molecular flexibility index (Phi) is 4.38. The van der Waals surface area contributed by atoms with Crippen molar-refractivity contribution in [2.75, 3.05) is 5.32 Å². The molecule has 0 spiro atoms. The summed E-state index contributed by atoms with van der Waals surface area (Å²) in [4.78, 5) is 33.7. The van der Waals surface area contributed by atoms with Gasteiger partial charge < -0.3 is 5.32 Å². The molecule has 2 aromatic carbocycles. The van der Waals surface area contributed by atoms with Crippen LogP contribution in [0.25, 0.3) is 21.8 Å². The third kappa shape index (κ3) is 3.29. The van der Waals surface area contributed by atoms with Gasteiger partial charge in [-0.05, 0) is 42.8 Å². The van der Waals surface area contributed by atoms with Crippen molar-refractivity contribution in [3.8, 4) is 0 Å². The lowest BCUT2D eigenvalue weighted by Crippen LogP contribution is -2.23. The number of aryl methyl sites for hydroxylation is 2. The lowest BCUT2D eigenvalue weighted by molar-refractivity contribution is -0.116. The first-order valence-corrected chi connectivity index (χ1v) is 8.72. The van der Waals surface area contributed by atoms with Crippen LogP contribution in [-0.4, -0.2) is 20.4 Å². The molecule has 0 radical (unpaired) electrons. The number of anilines is 1. The van der Waals surface area contributed by atoms with E-state index in [-0.39, 0.29) is 24.4 Å². The summed E-state index contributed by atoms with van der Waals surface area (Å²) < 4.78 is 1.48. The smallest absolute Gasteiger partial charge is 0.261 e. The summed E-state index contributed by atoms with van der Waals surface area (Å²) in [5, 5.41) is 4.36. The predicted octanol–water partition coefficient (Wildman–Crippen LogP) is 3.28. The SMILES string of the molecule is Cc1cccc2c(=O)n(CCC(=O)Nc3cccc4ncccc34)cnc12. The van der Waals surface area contributed by atoms with Gasteiger partial charge in [0.1, 0.15) is 0 Å². The second-order valence-electron chi connectivity index (χ2n) is 6.39. The van der Waals surface area contributed by atoms with E-state index in [4.69, 9.17) is 0 Å². The van der Waals surface area contributed by atoms with E-state index in [0.717, 1.165) is 16.5 Å². The Morgan fingerprint density at radius 1 is 1.04 bits per heavy atom. The molecule has 4 rings (SSSR count). The number of hydrogen-bond donors (Lipinski definition) is 1. The Hall–Kier alpha value is -3.54. The van der Waals surface area contributed by atoms with Gasteiger partial charge in [-0.15, -0.1) is 0 Å². The van der Waals surface area contributed by atoms with Crippen LogP contribution >= 0.6 is 0 Å². The topological polar surface area (TPSA) is 76.9 Å². The minimum atomic E-state index is -0.164. The number of amides is 1. The summed E-state index contributed by atoms with van der Waals surface area (Å²) in [7, 11) is 0. The molecule has 0 saturated heterocycles. The fourth-order valence-electron chi connectivity index (χ4n) is 3.14. The molecule has 0 atom stereocenters. The Balaban J connectivity index is 1.52. The molecule has 0 aliphatic heterocycles. The molecule has 6 heteroatoms. The number of rotatable bonds is 4. The molecule has 0 aliphatic rings. The Labute approximate surface area is 155 Å². The molecular weight excluding hydrogens is 340 g/mol. The van der Waals surface area contributed by atoms with Crippen LogP contribution in [0, 0.1) is 6.92 Å². The second kappa shape index (κ2) is 6.99. The maximum atomic E-state index is 12.6. The zero-order valence-electron chi connectivity index (χ0n) is 14.8. The monoisotopic (exact) mass is 358 g/mol. The molecule has 0 fully saturated rings. The van der Waals surface area contributed by atoms with Crippen molar-refractivity contribution in [3.63, 3.8) is 0 Å². The number of pyridine rings is 1. The summed E-state index contributed by atoms with van der Waals surface area (Å²) in [6.45, 7) is 2.19. The molecule has 134 valence electrons. The fourth-order valence-corrected chi connectivity index (χ4v) is 3.14. The van der Waals surface area contributed by atoms with Crippen LogP contribution in [0.4, 0.5) is 5.69 Å². The van der Waals surface area contributed by atoms with Gasteiger partial charge in [-0.25, -0.2) is 4.98 Å². The largest absolute Gasteiger partial charge is 0.325 e. The zero-order chi connectivity index (χ0) is 18.8. The number of para-hydroxylation sites is 1. The molecule has 0 unspecified atom stereocenters. The van der Waals surface area contributed by atoms with E-state index in [1.54, 1.807) is 12.3 Å². The van der Waals surface area contributed by atoms with Gasteiger partial charge in [0.2, 0.25) is 5.91 Å². The van der Waals surface area contributed by atoms with Crippen LogP contribution in [0.1, 0.15) is 12.0 Å². The maximum Gasteiger partial charge on any atom is 0.261 e. The minimum Gasteiger partial charge on any atom is -0.325 e.